The summed E-state index contributed by atoms with van der Waals surface area (Å²) in [4.78, 5) is 43.9. The Balaban J connectivity index is 1.18. The summed E-state index contributed by atoms with van der Waals surface area (Å²) in [7, 11) is 0. The molecule has 1 atom stereocenters. The normalized spacial score (nSPS) is 19.7. The first-order valence-corrected chi connectivity index (χ1v) is 15.1. The van der Waals surface area contributed by atoms with Gasteiger partial charge in [-0.2, -0.15) is 4.98 Å². The Morgan fingerprint density at radius 2 is 1.84 bits per heavy atom. The van der Waals surface area contributed by atoms with Crippen molar-refractivity contribution in [1.82, 2.24) is 29.3 Å². The van der Waals surface area contributed by atoms with E-state index in [1.807, 2.05) is 54.5 Å². The van der Waals surface area contributed by atoms with Crippen molar-refractivity contribution in [3.05, 3.63) is 41.9 Å². The number of likely N-dealkylation sites (tertiary alicyclic amines) is 1. The predicted molar refractivity (Wildman–Crippen MR) is 157 cm³/mol. The first kappa shape index (κ1) is 27.5. The molecular formula is C31H37N7O5. The molecular weight excluding hydrogens is 550 g/mol. The second kappa shape index (κ2) is 10.7. The minimum absolute atomic E-state index is 0.0671. The Bertz CT molecular complexity index is 1560. The zero-order chi connectivity index (χ0) is 29.7. The van der Waals surface area contributed by atoms with Gasteiger partial charge in [0.25, 0.3) is 0 Å². The summed E-state index contributed by atoms with van der Waals surface area (Å²) in [6.07, 6.45) is 6.38. The standard InChI is InChI=1S/C31H37N7O5/c1-31(2,3)43-30(40)37-16-22-23(17-37)38(27(34-22)20-9-10-24-25(14-20)42-18-41-24)26-11-12-32-29(35-26)33-21-8-5-13-36(15-21)28(39)19-6-4-7-19/h9-12,14,19,21H,4-8,13,15-18H2,1-3H3,(H,32,33,35)/t21-/m0/s1. The first-order chi connectivity index (χ1) is 20.7. The Hall–Kier alpha value is -4.35. The number of amides is 2. The average molecular weight is 588 g/mol. The highest BCUT2D eigenvalue weighted by atomic mass is 16.7. The molecule has 12 nitrogen and oxygen atoms in total. The second-order valence-corrected chi connectivity index (χ2v) is 12.7. The number of nitrogens with one attached hydrogen (secondary N) is 1. The molecule has 43 heavy (non-hydrogen) atoms. The molecule has 1 saturated carbocycles. The molecule has 12 heteroatoms. The molecule has 4 aliphatic rings. The quantitative estimate of drug-likeness (QED) is 0.459. The van der Waals surface area contributed by atoms with E-state index in [1.54, 1.807) is 11.1 Å². The molecule has 1 aromatic carbocycles. The van der Waals surface area contributed by atoms with Crippen LogP contribution in [-0.2, 0) is 22.6 Å². The van der Waals surface area contributed by atoms with E-state index in [0.717, 1.165) is 55.6 Å². The zero-order valence-electron chi connectivity index (χ0n) is 24.8. The van der Waals surface area contributed by atoms with Crippen molar-refractivity contribution in [2.45, 2.75) is 77.6 Å². The van der Waals surface area contributed by atoms with Gasteiger partial charge in [-0.3, -0.25) is 14.3 Å². The minimum atomic E-state index is -0.602. The maximum Gasteiger partial charge on any atom is 0.410 e. The number of hydrogen-bond acceptors (Lipinski definition) is 9. The topological polar surface area (TPSA) is 124 Å². The van der Waals surface area contributed by atoms with Gasteiger partial charge in [0.05, 0.1) is 24.5 Å². The number of nitrogens with zero attached hydrogens (tertiary/aromatic N) is 6. The Morgan fingerprint density at radius 3 is 2.63 bits per heavy atom. The molecule has 1 N–H and O–H groups in total. The summed E-state index contributed by atoms with van der Waals surface area (Å²) in [5, 5.41) is 3.49. The summed E-state index contributed by atoms with van der Waals surface area (Å²) in [5.74, 6) is 3.62. The molecule has 1 saturated heterocycles. The highest BCUT2D eigenvalue weighted by Gasteiger charge is 2.35. The molecule has 2 aromatic heterocycles. The number of carbonyl (C=O) groups excluding carboxylic acids is 2. The van der Waals surface area contributed by atoms with Gasteiger partial charge in [-0.05, 0) is 70.7 Å². The van der Waals surface area contributed by atoms with Crippen LogP contribution in [-0.4, -0.2) is 72.8 Å². The van der Waals surface area contributed by atoms with Crippen LogP contribution in [0.25, 0.3) is 17.2 Å². The lowest BCUT2D eigenvalue weighted by Gasteiger charge is -2.37. The van der Waals surface area contributed by atoms with Gasteiger partial charge in [0.1, 0.15) is 17.2 Å². The number of hydrogen-bond donors (Lipinski definition) is 1. The smallest absolute Gasteiger partial charge is 0.410 e. The van der Waals surface area contributed by atoms with E-state index < -0.39 is 5.60 Å². The largest absolute Gasteiger partial charge is 0.454 e. The van der Waals surface area contributed by atoms with E-state index in [4.69, 9.17) is 24.2 Å². The first-order valence-electron chi connectivity index (χ1n) is 15.1. The number of ether oxygens (including phenoxy) is 3. The van der Waals surface area contributed by atoms with Crippen LogP contribution in [0.3, 0.4) is 0 Å². The number of fused-ring (bicyclic) bond motifs is 2. The summed E-state index contributed by atoms with van der Waals surface area (Å²) < 4.78 is 18.8. The third kappa shape index (κ3) is 5.46. The fourth-order valence-electron chi connectivity index (χ4n) is 6.07. The predicted octanol–water partition coefficient (Wildman–Crippen LogP) is 4.51. The van der Waals surface area contributed by atoms with Crippen molar-refractivity contribution in [3.8, 4) is 28.7 Å². The molecule has 0 spiro atoms. The summed E-state index contributed by atoms with van der Waals surface area (Å²) in [5.41, 5.74) is 1.88. The summed E-state index contributed by atoms with van der Waals surface area (Å²) >= 11 is 0. The molecule has 3 aromatic rings. The van der Waals surface area contributed by atoms with E-state index in [0.29, 0.717) is 48.7 Å². The molecule has 0 unspecified atom stereocenters. The Kier molecular flexibility index (Phi) is 6.86. The van der Waals surface area contributed by atoms with E-state index >= 15 is 0 Å². The van der Waals surface area contributed by atoms with E-state index in [1.165, 1.54) is 0 Å². The van der Waals surface area contributed by atoms with Crippen molar-refractivity contribution in [2.24, 2.45) is 5.92 Å². The van der Waals surface area contributed by atoms with Crippen LogP contribution in [0, 0.1) is 5.92 Å². The van der Waals surface area contributed by atoms with Gasteiger partial charge in [-0.1, -0.05) is 6.42 Å². The molecule has 7 rings (SSSR count). The van der Waals surface area contributed by atoms with Gasteiger partial charge in [0, 0.05) is 36.8 Å². The molecule has 5 heterocycles. The number of imidazole rings is 1. The number of carbonyl (C=O) groups is 2. The monoisotopic (exact) mass is 587 g/mol. The number of aromatic nitrogens is 4. The van der Waals surface area contributed by atoms with Gasteiger partial charge in [-0.15, -0.1) is 0 Å². The van der Waals surface area contributed by atoms with Crippen LogP contribution in [0.4, 0.5) is 10.7 Å². The molecule has 2 fully saturated rings. The highest BCUT2D eigenvalue weighted by Crippen LogP contribution is 2.38. The fraction of sp³-hybridized carbons (Fsp3) is 0.516. The Labute approximate surface area is 250 Å². The Morgan fingerprint density at radius 1 is 1.00 bits per heavy atom. The van der Waals surface area contributed by atoms with Crippen molar-refractivity contribution in [1.29, 1.82) is 0 Å². The number of anilines is 1. The second-order valence-electron chi connectivity index (χ2n) is 12.7. The molecule has 226 valence electrons. The van der Waals surface area contributed by atoms with Gasteiger partial charge >= 0.3 is 6.09 Å². The fourth-order valence-corrected chi connectivity index (χ4v) is 6.07. The molecule has 0 bridgehead atoms. The molecule has 1 aliphatic carbocycles. The lowest BCUT2D eigenvalue weighted by molar-refractivity contribution is -0.139. The van der Waals surface area contributed by atoms with Gasteiger partial charge < -0.3 is 24.4 Å². The third-order valence-corrected chi connectivity index (χ3v) is 8.41. The average Bonchev–Trinajstić information content (AvgIpc) is 3.65. The molecule has 3 aliphatic heterocycles. The zero-order valence-corrected chi connectivity index (χ0v) is 24.8. The maximum atomic E-state index is 12.9. The van der Waals surface area contributed by atoms with Crippen molar-refractivity contribution in [3.63, 3.8) is 0 Å². The molecule has 2 amide bonds. The van der Waals surface area contributed by atoms with Gasteiger partial charge in [-0.25, -0.2) is 14.8 Å². The van der Waals surface area contributed by atoms with Crippen LogP contribution in [0.5, 0.6) is 11.5 Å². The summed E-state index contributed by atoms with van der Waals surface area (Å²) in [6.45, 7) is 7.87. The van der Waals surface area contributed by atoms with E-state index in [9.17, 15) is 9.59 Å². The minimum Gasteiger partial charge on any atom is -0.454 e. The van der Waals surface area contributed by atoms with Gasteiger partial charge in [0.2, 0.25) is 18.6 Å². The summed E-state index contributed by atoms with van der Waals surface area (Å²) in [6, 6.07) is 7.65. The van der Waals surface area contributed by atoms with Crippen molar-refractivity contribution in [2.75, 3.05) is 25.2 Å². The lowest BCUT2D eigenvalue weighted by Crippen LogP contribution is -2.48. The SMILES string of the molecule is CC(C)(C)OC(=O)N1Cc2nc(-c3ccc4c(c3)OCO4)n(-c3ccnc(N[C@H]4CCCN(C(=O)C5CCC5)C4)n3)c2C1. The lowest BCUT2D eigenvalue weighted by atomic mass is 9.84. The van der Waals surface area contributed by atoms with Crippen LogP contribution in [0.2, 0.25) is 0 Å². The number of benzene rings is 1. The van der Waals surface area contributed by atoms with Crippen molar-refractivity contribution < 1.29 is 23.8 Å². The highest BCUT2D eigenvalue weighted by molar-refractivity contribution is 5.79. The van der Waals surface area contributed by atoms with E-state index in [2.05, 4.69) is 10.3 Å². The maximum absolute atomic E-state index is 12.9. The van der Waals surface area contributed by atoms with Crippen molar-refractivity contribution >= 4 is 17.9 Å². The van der Waals surface area contributed by atoms with Crippen LogP contribution in [0.15, 0.2) is 30.5 Å². The third-order valence-electron chi connectivity index (χ3n) is 8.41. The molecule has 0 radical (unpaired) electrons. The number of rotatable bonds is 5. The van der Waals surface area contributed by atoms with Gasteiger partial charge in [0.15, 0.2) is 11.5 Å². The van der Waals surface area contributed by atoms with Crippen LogP contribution in [0.1, 0.15) is 64.3 Å². The van der Waals surface area contributed by atoms with Crippen LogP contribution >= 0.6 is 0 Å². The van der Waals surface area contributed by atoms with Crippen LogP contribution < -0.4 is 14.8 Å². The number of piperidine rings is 1. The van der Waals surface area contributed by atoms with E-state index in [-0.39, 0.29) is 30.8 Å².